The monoisotopic (exact) mass is 107 g/mol. The van der Waals surface area contributed by atoms with Gasteiger partial charge in [0.25, 0.3) is 0 Å². The fraction of sp³-hybridized carbons (Fsp3) is 1.00. The number of rotatable bonds is 2. The summed E-state index contributed by atoms with van der Waals surface area (Å²) in [6, 6.07) is 0. The van der Waals surface area contributed by atoms with E-state index in [4.69, 9.17) is 5.21 Å². The van der Waals surface area contributed by atoms with Crippen molar-refractivity contribution in [2.75, 3.05) is 21.2 Å². The molecule has 0 spiro atoms. The molecule has 44 valence electrons. The van der Waals surface area contributed by atoms with E-state index in [0.29, 0.717) is 0 Å². The van der Waals surface area contributed by atoms with Gasteiger partial charge in [0, 0.05) is 12.0 Å². The second-order valence-corrected chi connectivity index (χ2v) is 1.29. The predicted molar refractivity (Wildman–Crippen MR) is 24.0 cm³/mol. The van der Waals surface area contributed by atoms with Crippen LogP contribution in [-0.4, -0.2) is 31.3 Å². The molecule has 0 bridgehead atoms. The van der Waals surface area contributed by atoms with E-state index < -0.39 is 4.92 Å². The van der Waals surface area contributed by atoms with E-state index in [-0.39, 0.29) is 0 Å². The molecule has 0 radical (unpaired) electrons. The molecule has 0 fully saturated rings. The number of quaternary nitrogens is 1. The zero-order chi connectivity index (χ0) is 5.91. The van der Waals surface area contributed by atoms with Gasteiger partial charge in [-0.2, -0.15) is 10.0 Å². The van der Waals surface area contributed by atoms with Gasteiger partial charge in [0.15, 0.2) is 7.05 Å². The number of nitrogens with one attached hydrogen (secondary N) is 1. The Morgan fingerprint density at radius 2 is 2.14 bits per heavy atom. The number of nitrogens with zero attached hydrogens (tertiary/aromatic N) is 1. The van der Waals surface area contributed by atoms with E-state index in [2.05, 4.69) is 10.3 Å². The van der Waals surface area contributed by atoms with Crippen molar-refractivity contribution >= 4 is 0 Å². The Hall–Kier alpha value is -0.160. The van der Waals surface area contributed by atoms with Gasteiger partial charge in [0.2, 0.25) is 0 Å². The lowest BCUT2D eigenvalue weighted by Crippen LogP contribution is -2.48. The molecule has 0 aromatic heterocycles. The highest BCUT2D eigenvalue weighted by Crippen LogP contribution is 1.83. The molecule has 7 heavy (non-hydrogen) atoms. The molecule has 4 nitrogen and oxygen atoms in total. The van der Waals surface area contributed by atoms with Crippen LogP contribution in [0.3, 0.4) is 0 Å². The van der Waals surface area contributed by atoms with E-state index in [0.717, 1.165) is 0 Å². The summed E-state index contributed by atoms with van der Waals surface area (Å²) in [7, 11) is 4.44. The maximum atomic E-state index is 8.74. The van der Waals surface area contributed by atoms with E-state index in [9.17, 15) is 0 Å². The highest BCUT2D eigenvalue weighted by molar-refractivity contribution is 3.78. The SMILES string of the molecule is CN[N+](C)(O)OC. The Labute approximate surface area is 42.8 Å². The van der Waals surface area contributed by atoms with Gasteiger partial charge in [0.1, 0.15) is 7.11 Å². The van der Waals surface area contributed by atoms with Crippen molar-refractivity contribution < 1.29 is 15.0 Å². The molecule has 4 heteroatoms. The largest absolute Gasteiger partial charge is 0.161 e. The van der Waals surface area contributed by atoms with Crippen molar-refractivity contribution in [1.82, 2.24) is 5.43 Å². The first-order valence-corrected chi connectivity index (χ1v) is 1.96. The third-order valence-electron chi connectivity index (χ3n) is 0.770. The van der Waals surface area contributed by atoms with Crippen molar-refractivity contribution in [2.45, 2.75) is 0 Å². The summed E-state index contributed by atoms with van der Waals surface area (Å²) in [5, 5.41) is 8.74. The van der Waals surface area contributed by atoms with Crippen molar-refractivity contribution in [3.8, 4) is 0 Å². The van der Waals surface area contributed by atoms with Gasteiger partial charge in [0.05, 0.1) is 0 Å². The maximum Gasteiger partial charge on any atom is 0.152 e. The molecule has 0 aliphatic rings. The summed E-state index contributed by atoms with van der Waals surface area (Å²) in [4.78, 5) is 3.86. The van der Waals surface area contributed by atoms with Crippen LogP contribution in [0.5, 0.6) is 0 Å². The molecule has 0 rings (SSSR count). The summed E-state index contributed by atoms with van der Waals surface area (Å²) in [5.41, 5.74) is 2.46. The Balaban J connectivity index is 3.36. The standard InChI is InChI=1S/C3H11N2O2/c1-4-5(2,6)7-3/h4,6H,1-3H3/q+1. The molecule has 2 N–H and O–H groups in total. The molecule has 0 aromatic carbocycles. The Bertz CT molecular complexity index is 48.9. The molecule has 1 unspecified atom stereocenters. The third-order valence-corrected chi connectivity index (χ3v) is 0.770. The highest BCUT2D eigenvalue weighted by atomic mass is 17.0. The van der Waals surface area contributed by atoms with Gasteiger partial charge in [-0.15, -0.1) is 5.43 Å². The molecular formula is C3H11N2O2+. The van der Waals surface area contributed by atoms with E-state index in [1.54, 1.807) is 7.05 Å². The van der Waals surface area contributed by atoms with E-state index in [1.165, 1.54) is 14.2 Å². The molecule has 0 aliphatic heterocycles. The van der Waals surface area contributed by atoms with Crippen molar-refractivity contribution in [2.24, 2.45) is 0 Å². The average molecular weight is 107 g/mol. The van der Waals surface area contributed by atoms with Crippen LogP contribution in [0.4, 0.5) is 0 Å². The van der Waals surface area contributed by atoms with E-state index in [1.807, 2.05) is 0 Å². The summed E-state index contributed by atoms with van der Waals surface area (Å²) >= 11 is 0. The molecule has 0 amide bonds. The first-order chi connectivity index (χ1) is 3.12. The Kier molecular flexibility index (Phi) is 2.17. The molecule has 0 saturated heterocycles. The number of hydrogen-bond acceptors (Lipinski definition) is 3. The summed E-state index contributed by atoms with van der Waals surface area (Å²) in [6.45, 7) is 0. The zero-order valence-electron chi connectivity index (χ0n) is 4.80. The van der Waals surface area contributed by atoms with Gasteiger partial charge in [-0.1, -0.05) is 0 Å². The van der Waals surface area contributed by atoms with Gasteiger partial charge < -0.3 is 0 Å². The lowest BCUT2D eigenvalue weighted by molar-refractivity contribution is -1.26. The first-order valence-electron chi connectivity index (χ1n) is 1.96. The molecular weight excluding hydrogens is 96.0 g/mol. The highest BCUT2D eigenvalue weighted by Gasteiger charge is 2.12. The van der Waals surface area contributed by atoms with Crippen LogP contribution in [0.2, 0.25) is 0 Å². The van der Waals surface area contributed by atoms with Crippen LogP contribution in [-0.2, 0) is 4.84 Å². The van der Waals surface area contributed by atoms with Crippen LogP contribution in [0.15, 0.2) is 0 Å². The average Bonchev–Trinajstić information content (AvgIpc) is 1.68. The van der Waals surface area contributed by atoms with Crippen molar-refractivity contribution in [1.29, 1.82) is 0 Å². The smallest absolute Gasteiger partial charge is 0.152 e. The van der Waals surface area contributed by atoms with Gasteiger partial charge in [-0.05, 0) is 0 Å². The number of hydrogen-bond donors (Lipinski definition) is 2. The van der Waals surface area contributed by atoms with Crippen molar-refractivity contribution in [3.05, 3.63) is 0 Å². The summed E-state index contributed by atoms with van der Waals surface area (Å²) in [6.07, 6.45) is 0. The lowest BCUT2D eigenvalue weighted by Gasteiger charge is -2.16. The van der Waals surface area contributed by atoms with Gasteiger partial charge in [-0.25, -0.2) is 0 Å². The molecule has 0 heterocycles. The maximum absolute atomic E-state index is 8.74. The quantitative estimate of drug-likeness (QED) is 0.370. The van der Waals surface area contributed by atoms with E-state index >= 15 is 0 Å². The summed E-state index contributed by atoms with van der Waals surface area (Å²) < 4.78 is 0. The third kappa shape index (κ3) is 2.52. The zero-order valence-corrected chi connectivity index (χ0v) is 4.80. The normalized spacial score (nSPS) is 18.9. The van der Waals surface area contributed by atoms with Crippen LogP contribution in [0, 0.1) is 0 Å². The minimum absolute atomic E-state index is 0.611. The fourth-order valence-corrected chi connectivity index (χ4v) is 0.0913. The lowest BCUT2D eigenvalue weighted by atomic mass is 11.3. The molecule has 0 aliphatic carbocycles. The predicted octanol–water partition coefficient (Wildman–Crippen LogP) is -0.482. The van der Waals surface area contributed by atoms with Crippen LogP contribution < -0.4 is 5.43 Å². The Morgan fingerprint density at radius 3 is 2.14 bits per heavy atom. The second kappa shape index (κ2) is 2.23. The first kappa shape index (κ1) is 6.84. The minimum atomic E-state index is -0.611. The van der Waals surface area contributed by atoms with Gasteiger partial charge >= 0.3 is 0 Å². The van der Waals surface area contributed by atoms with Gasteiger partial charge in [-0.3, -0.25) is 0 Å². The Morgan fingerprint density at radius 1 is 1.71 bits per heavy atom. The molecule has 1 atom stereocenters. The van der Waals surface area contributed by atoms with Crippen LogP contribution >= 0.6 is 0 Å². The fourth-order valence-electron chi connectivity index (χ4n) is 0.0913. The van der Waals surface area contributed by atoms with Crippen LogP contribution in [0.1, 0.15) is 0 Å². The van der Waals surface area contributed by atoms with Crippen molar-refractivity contribution in [3.63, 3.8) is 0 Å². The second-order valence-electron chi connectivity index (χ2n) is 1.29. The molecule has 0 saturated carbocycles. The summed E-state index contributed by atoms with van der Waals surface area (Å²) in [5.74, 6) is 0. The van der Waals surface area contributed by atoms with Crippen LogP contribution in [0.25, 0.3) is 0 Å². The number of hydroxylamine groups is 2. The topological polar surface area (TPSA) is 41.5 Å². The molecule has 0 aromatic rings. The minimum Gasteiger partial charge on any atom is -0.161 e.